The van der Waals surface area contributed by atoms with E-state index in [2.05, 4.69) is 36.2 Å². The number of ether oxygens (including phenoxy) is 1. The molecule has 0 spiro atoms. The molecule has 0 radical (unpaired) electrons. The normalized spacial score (nSPS) is 20.1. The summed E-state index contributed by atoms with van der Waals surface area (Å²) < 4.78 is 32.2. The van der Waals surface area contributed by atoms with Gasteiger partial charge in [0.05, 0.1) is 6.61 Å². The molecule has 1 saturated carbocycles. The highest BCUT2D eigenvalue weighted by molar-refractivity contribution is 5.30. The van der Waals surface area contributed by atoms with Crippen LogP contribution in [0.5, 0.6) is 5.75 Å². The fraction of sp³-hybridized carbons (Fsp3) is 0.500. The molecule has 0 bridgehead atoms. The minimum atomic E-state index is -1.01. The second-order valence-electron chi connectivity index (χ2n) is 7.21. The zero-order valence-electron chi connectivity index (χ0n) is 15.4. The molecule has 1 heterocycles. The molecule has 4 heteroatoms. The Labute approximate surface area is 154 Å². The second-order valence-corrected chi connectivity index (χ2v) is 7.21. The van der Waals surface area contributed by atoms with E-state index in [-0.39, 0.29) is 5.92 Å². The molecule has 26 heavy (non-hydrogen) atoms. The van der Waals surface area contributed by atoms with Crippen LogP contribution in [0.15, 0.2) is 36.5 Å². The van der Waals surface area contributed by atoms with Gasteiger partial charge in [0.25, 0.3) is 0 Å². The number of hydrogen-bond donors (Lipinski definition) is 0. The van der Waals surface area contributed by atoms with Crippen LogP contribution in [0.1, 0.15) is 74.8 Å². The Hall–Kier alpha value is -1.97. The van der Waals surface area contributed by atoms with E-state index in [9.17, 15) is 8.78 Å². The molecule has 140 valence electrons. The Morgan fingerprint density at radius 3 is 2.23 bits per heavy atom. The van der Waals surface area contributed by atoms with Crippen LogP contribution in [0, 0.1) is 11.8 Å². The lowest BCUT2D eigenvalue weighted by Crippen LogP contribution is -2.13. The Balaban J connectivity index is 1.52. The number of aromatic nitrogens is 1. The van der Waals surface area contributed by atoms with Gasteiger partial charge >= 0.3 is 0 Å². The molecule has 0 saturated heterocycles. The minimum Gasteiger partial charge on any atom is -0.494 e. The van der Waals surface area contributed by atoms with Gasteiger partial charge in [0.2, 0.25) is 5.95 Å². The smallest absolute Gasteiger partial charge is 0.248 e. The van der Waals surface area contributed by atoms with Crippen LogP contribution < -0.4 is 4.74 Å². The van der Waals surface area contributed by atoms with E-state index >= 15 is 0 Å². The third kappa shape index (κ3) is 4.80. The summed E-state index contributed by atoms with van der Waals surface area (Å²) in [5.74, 6) is -0.126. The second kappa shape index (κ2) is 9.11. The van der Waals surface area contributed by atoms with Crippen LogP contribution in [0.25, 0.3) is 0 Å². The molecular formula is C22H27F2NO. The molecule has 2 aromatic rings. The molecule has 2 nitrogen and oxygen atoms in total. The van der Waals surface area contributed by atoms with E-state index in [1.165, 1.54) is 30.7 Å². The molecule has 0 amide bonds. The predicted molar refractivity (Wildman–Crippen MR) is 99.6 cm³/mol. The van der Waals surface area contributed by atoms with Gasteiger partial charge in [0.1, 0.15) is 5.75 Å². The monoisotopic (exact) mass is 359 g/mol. The van der Waals surface area contributed by atoms with Crippen molar-refractivity contribution in [3.63, 3.8) is 0 Å². The van der Waals surface area contributed by atoms with E-state index in [1.54, 1.807) is 0 Å². The molecular weight excluding hydrogens is 332 g/mol. The standard InChI is InChI=1S/C22H27F2NO/c1-2-3-4-13-26-20-11-9-17(10-12-20)16-5-7-18(8-6-16)19-14-21(23)22(24)25-15-19/h9-12,14-16,18H,2-8,13H2,1H3/t16-,18-. The number of pyridine rings is 1. The summed E-state index contributed by atoms with van der Waals surface area (Å²) in [7, 11) is 0. The number of rotatable bonds is 7. The molecule has 1 fully saturated rings. The van der Waals surface area contributed by atoms with Crippen molar-refractivity contribution < 1.29 is 13.5 Å². The van der Waals surface area contributed by atoms with Gasteiger partial charge < -0.3 is 4.74 Å². The first-order valence-corrected chi connectivity index (χ1v) is 9.71. The number of nitrogens with zero attached hydrogens (tertiary/aromatic N) is 1. The zero-order valence-corrected chi connectivity index (χ0v) is 15.4. The maximum absolute atomic E-state index is 13.4. The van der Waals surface area contributed by atoms with Crippen molar-refractivity contribution in [1.29, 1.82) is 0 Å². The third-order valence-corrected chi connectivity index (χ3v) is 5.38. The van der Waals surface area contributed by atoms with Crippen molar-refractivity contribution in [2.24, 2.45) is 0 Å². The summed E-state index contributed by atoms with van der Waals surface area (Å²) in [6.07, 6.45) is 9.05. The summed E-state index contributed by atoms with van der Waals surface area (Å²) >= 11 is 0. The lowest BCUT2D eigenvalue weighted by atomic mass is 9.76. The van der Waals surface area contributed by atoms with Crippen LogP contribution in [0.4, 0.5) is 8.78 Å². The van der Waals surface area contributed by atoms with E-state index in [0.29, 0.717) is 5.92 Å². The maximum Gasteiger partial charge on any atom is 0.248 e. The molecule has 3 rings (SSSR count). The van der Waals surface area contributed by atoms with Gasteiger partial charge in [-0.15, -0.1) is 0 Å². The highest BCUT2D eigenvalue weighted by atomic mass is 19.2. The molecule has 1 aromatic carbocycles. The third-order valence-electron chi connectivity index (χ3n) is 5.38. The highest BCUT2D eigenvalue weighted by Crippen LogP contribution is 2.40. The summed E-state index contributed by atoms with van der Waals surface area (Å²) in [6, 6.07) is 9.76. The van der Waals surface area contributed by atoms with Crippen LogP contribution >= 0.6 is 0 Å². The Kier molecular flexibility index (Phi) is 6.59. The zero-order chi connectivity index (χ0) is 18.4. The number of hydrogen-bond acceptors (Lipinski definition) is 2. The minimum absolute atomic E-state index is 0.273. The van der Waals surface area contributed by atoms with Crippen LogP contribution in [-0.4, -0.2) is 11.6 Å². The average molecular weight is 359 g/mol. The van der Waals surface area contributed by atoms with E-state index in [1.807, 2.05) is 0 Å². The molecule has 1 aliphatic carbocycles. The van der Waals surface area contributed by atoms with Crippen molar-refractivity contribution in [3.05, 3.63) is 59.4 Å². The van der Waals surface area contributed by atoms with Crippen molar-refractivity contribution in [3.8, 4) is 5.75 Å². The first-order valence-electron chi connectivity index (χ1n) is 9.71. The van der Waals surface area contributed by atoms with E-state index < -0.39 is 11.8 Å². The SMILES string of the molecule is CCCCCOc1ccc([C@H]2CC[C@H](c3cnc(F)c(F)c3)CC2)cc1. The number of benzene rings is 1. The molecule has 0 atom stereocenters. The van der Waals surface area contributed by atoms with Gasteiger partial charge in [-0.3, -0.25) is 0 Å². The lowest BCUT2D eigenvalue weighted by Gasteiger charge is -2.29. The van der Waals surface area contributed by atoms with Gasteiger partial charge in [0, 0.05) is 6.20 Å². The van der Waals surface area contributed by atoms with Gasteiger partial charge in [0.15, 0.2) is 5.82 Å². The predicted octanol–water partition coefficient (Wildman–Crippen LogP) is 6.37. The van der Waals surface area contributed by atoms with Crippen molar-refractivity contribution in [2.45, 2.75) is 63.7 Å². The topological polar surface area (TPSA) is 22.1 Å². The Morgan fingerprint density at radius 2 is 1.62 bits per heavy atom. The van der Waals surface area contributed by atoms with Crippen LogP contribution in [-0.2, 0) is 0 Å². The van der Waals surface area contributed by atoms with Crippen LogP contribution in [0.3, 0.4) is 0 Å². The molecule has 0 aliphatic heterocycles. The molecule has 1 aliphatic rings. The van der Waals surface area contributed by atoms with E-state index in [4.69, 9.17) is 4.74 Å². The highest BCUT2D eigenvalue weighted by Gasteiger charge is 2.24. The Morgan fingerprint density at radius 1 is 0.962 bits per heavy atom. The summed E-state index contributed by atoms with van der Waals surface area (Å²) in [4.78, 5) is 3.52. The fourth-order valence-electron chi connectivity index (χ4n) is 3.80. The summed E-state index contributed by atoms with van der Waals surface area (Å²) in [5.41, 5.74) is 2.16. The van der Waals surface area contributed by atoms with E-state index in [0.717, 1.165) is 50.0 Å². The fourth-order valence-corrected chi connectivity index (χ4v) is 3.80. The van der Waals surface area contributed by atoms with Gasteiger partial charge in [-0.2, -0.15) is 4.39 Å². The lowest BCUT2D eigenvalue weighted by molar-refractivity contribution is 0.306. The van der Waals surface area contributed by atoms with Crippen LogP contribution in [0.2, 0.25) is 0 Å². The number of unbranched alkanes of at least 4 members (excludes halogenated alkanes) is 2. The number of halogens is 2. The van der Waals surface area contributed by atoms with Crippen molar-refractivity contribution in [1.82, 2.24) is 4.98 Å². The van der Waals surface area contributed by atoms with Gasteiger partial charge in [-0.1, -0.05) is 31.9 Å². The largest absolute Gasteiger partial charge is 0.494 e. The first-order chi connectivity index (χ1) is 12.7. The molecule has 0 unspecified atom stereocenters. The summed E-state index contributed by atoms with van der Waals surface area (Å²) in [6.45, 7) is 2.97. The first kappa shape index (κ1) is 18.8. The molecule has 1 aromatic heterocycles. The van der Waals surface area contributed by atoms with Gasteiger partial charge in [-0.25, -0.2) is 9.37 Å². The molecule has 0 N–H and O–H groups in total. The maximum atomic E-state index is 13.4. The van der Waals surface area contributed by atoms with Crippen molar-refractivity contribution in [2.75, 3.05) is 6.61 Å². The quantitative estimate of drug-likeness (QED) is 0.423. The Bertz CT molecular complexity index is 694. The summed E-state index contributed by atoms with van der Waals surface area (Å²) in [5, 5.41) is 0. The van der Waals surface area contributed by atoms with Crippen molar-refractivity contribution >= 4 is 0 Å². The average Bonchev–Trinajstić information content (AvgIpc) is 2.68. The van der Waals surface area contributed by atoms with Gasteiger partial charge in [-0.05, 0) is 73.3 Å².